The Labute approximate surface area is 108 Å². The summed E-state index contributed by atoms with van der Waals surface area (Å²) in [5.74, 6) is -0.364. The fraction of sp³-hybridized carbons (Fsp3) is 0.231. The van der Waals surface area contributed by atoms with E-state index in [1.54, 1.807) is 24.3 Å². The molecule has 6 nitrogen and oxygen atoms in total. The molecule has 0 amide bonds. The number of rotatable bonds is 3. The lowest BCUT2D eigenvalue weighted by Crippen LogP contribution is -2.30. The molecular formula is C13H14N2O4. The number of benzene rings is 1. The Bertz CT molecular complexity index is 715. The van der Waals surface area contributed by atoms with Crippen molar-refractivity contribution in [2.24, 2.45) is 0 Å². The van der Waals surface area contributed by atoms with E-state index in [1.807, 2.05) is 0 Å². The predicted octanol–water partition coefficient (Wildman–Crippen LogP) is 0.686. The van der Waals surface area contributed by atoms with Crippen molar-refractivity contribution < 1.29 is 9.84 Å². The fourth-order valence-electron chi connectivity index (χ4n) is 1.84. The number of H-pyrrole nitrogens is 1. The molecule has 0 fully saturated rings. The van der Waals surface area contributed by atoms with Gasteiger partial charge in [0, 0.05) is 12.7 Å². The van der Waals surface area contributed by atoms with Gasteiger partial charge in [0.1, 0.15) is 0 Å². The standard InChI is InChI=1S/C13H14N2O4/c1-8-11(16)14-13(18)15(12(8)17)10-6-4-3-5-9(10)7-19-2/h3-6,17H,7H2,1-2H3,(H,14,16,18). The Balaban J connectivity index is 2.76. The van der Waals surface area contributed by atoms with Crippen molar-refractivity contribution >= 4 is 0 Å². The van der Waals surface area contributed by atoms with Crippen molar-refractivity contribution in [3.63, 3.8) is 0 Å². The highest BCUT2D eigenvalue weighted by atomic mass is 16.5. The summed E-state index contributed by atoms with van der Waals surface area (Å²) in [7, 11) is 1.54. The lowest BCUT2D eigenvalue weighted by atomic mass is 10.2. The van der Waals surface area contributed by atoms with Gasteiger partial charge in [-0.15, -0.1) is 0 Å². The van der Waals surface area contributed by atoms with Gasteiger partial charge in [-0.2, -0.15) is 0 Å². The van der Waals surface area contributed by atoms with E-state index < -0.39 is 11.2 Å². The van der Waals surface area contributed by atoms with Crippen molar-refractivity contribution in [2.45, 2.75) is 13.5 Å². The van der Waals surface area contributed by atoms with E-state index in [2.05, 4.69) is 4.98 Å². The van der Waals surface area contributed by atoms with Crippen LogP contribution in [0.2, 0.25) is 0 Å². The second-order valence-electron chi connectivity index (χ2n) is 4.11. The number of aromatic nitrogens is 2. The molecule has 0 aliphatic carbocycles. The normalized spacial score (nSPS) is 10.6. The molecule has 0 radical (unpaired) electrons. The summed E-state index contributed by atoms with van der Waals surface area (Å²) in [6.07, 6.45) is 0. The van der Waals surface area contributed by atoms with Crippen molar-refractivity contribution in [1.82, 2.24) is 9.55 Å². The van der Waals surface area contributed by atoms with Gasteiger partial charge in [-0.1, -0.05) is 18.2 Å². The Morgan fingerprint density at radius 3 is 2.68 bits per heavy atom. The van der Waals surface area contributed by atoms with Crippen LogP contribution in [-0.2, 0) is 11.3 Å². The maximum Gasteiger partial charge on any atom is 0.335 e. The number of nitrogens with zero attached hydrogens (tertiary/aromatic N) is 1. The molecule has 2 rings (SSSR count). The van der Waals surface area contributed by atoms with Crippen molar-refractivity contribution in [3.8, 4) is 11.6 Å². The number of ether oxygens (including phenoxy) is 1. The van der Waals surface area contributed by atoms with E-state index in [-0.39, 0.29) is 11.4 Å². The second kappa shape index (κ2) is 5.11. The first-order valence-electron chi connectivity index (χ1n) is 5.68. The second-order valence-corrected chi connectivity index (χ2v) is 4.11. The molecule has 2 N–H and O–H groups in total. The summed E-state index contributed by atoms with van der Waals surface area (Å²) in [4.78, 5) is 25.4. The molecule has 100 valence electrons. The fourth-order valence-corrected chi connectivity index (χ4v) is 1.84. The minimum Gasteiger partial charge on any atom is -0.494 e. The molecule has 1 aromatic carbocycles. The highest BCUT2D eigenvalue weighted by Crippen LogP contribution is 2.19. The van der Waals surface area contributed by atoms with Gasteiger partial charge in [0.05, 0.1) is 17.9 Å². The van der Waals surface area contributed by atoms with Crippen LogP contribution in [0.15, 0.2) is 33.9 Å². The summed E-state index contributed by atoms with van der Waals surface area (Å²) in [6.45, 7) is 1.74. The molecule has 6 heteroatoms. The SMILES string of the molecule is COCc1ccccc1-n1c(O)c(C)c(=O)[nH]c1=O. The Hall–Kier alpha value is -2.34. The first kappa shape index (κ1) is 13.1. The summed E-state index contributed by atoms with van der Waals surface area (Å²) in [5.41, 5.74) is 0.0199. The van der Waals surface area contributed by atoms with Crippen molar-refractivity contribution in [2.75, 3.05) is 7.11 Å². The molecule has 1 aromatic heterocycles. The third-order valence-electron chi connectivity index (χ3n) is 2.84. The van der Waals surface area contributed by atoms with Crippen LogP contribution < -0.4 is 11.2 Å². The van der Waals surface area contributed by atoms with Gasteiger partial charge in [-0.25, -0.2) is 9.36 Å². The lowest BCUT2D eigenvalue weighted by molar-refractivity contribution is 0.184. The predicted molar refractivity (Wildman–Crippen MR) is 69.8 cm³/mol. The van der Waals surface area contributed by atoms with Crippen LogP contribution in [0, 0.1) is 6.92 Å². The molecule has 0 saturated carbocycles. The van der Waals surface area contributed by atoms with Gasteiger partial charge in [-0.3, -0.25) is 9.78 Å². The van der Waals surface area contributed by atoms with Crippen LogP contribution in [0.25, 0.3) is 5.69 Å². The number of hydrogen-bond acceptors (Lipinski definition) is 4. The van der Waals surface area contributed by atoms with E-state index in [0.717, 1.165) is 10.1 Å². The zero-order valence-electron chi connectivity index (χ0n) is 10.6. The van der Waals surface area contributed by atoms with Crippen LogP contribution in [0.1, 0.15) is 11.1 Å². The molecular weight excluding hydrogens is 248 g/mol. The van der Waals surface area contributed by atoms with E-state index >= 15 is 0 Å². The van der Waals surface area contributed by atoms with E-state index in [1.165, 1.54) is 14.0 Å². The Morgan fingerprint density at radius 2 is 2.00 bits per heavy atom. The average Bonchev–Trinajstić information content (AvgIpc) is 2.38. The molecule has 0 aliphatic heterocycles. The summed E-state index contributed by atoms with van der Waals surface area (Å²) in [5, 5.41) is 10.0. The van der Waals surface area contributed by atoms with Crippen molar-refractivity contribution in [1.29, 1.82) is 0 Å². The monoisotopic (exact) mass is 262 g/mol. The first-order chi connectivity index (χ1) is 9.06. The maximum atomic E-state index is 11.9. The lowest BCUT2D eigenvalue weighted by Gasteiger charge is -2.13. The van der Waals surface area contributed by atoms with Crippen LogP contribution >= 0.6 is 0 Å². The van der Waals surface area contributed by atoms with Gasteiger partial charge >= 0.3 is 5.69 Å². The van der Waals surface area contributed by atoms with Gasteiger partial charge in [0.15, 0.2) is 0 Å². The molecule has 1 heterocycles. The molecule has 2 aromatic rings. The van der Waals surface area contributed by atoms with E-state index in [9.17, 15) is 14.7 Å². The van der Waals surface area contributed by atoms with Gasteiger partial charge < -0.3 is 9.84 Å². The average molecular weight is 262 g/mol. The smallest absolute Gasteiger partial charge is 0.335 e. The third-order valence-corrected chi connectivity index (χ3v) is 2.84. The number of aromatic hydroxyl groups is 1. The number of hydrogen-bond donors (Lipinski definition) is 2. The molecule has 0 saturated heterocycles. The molecule has 19 heavy (non-hydrogen) atoms. The minimum absolute atomic E-state index is 0.0896. The Morgan fingerprint density at radius 1 is 1.32 bits per heavy atom. The number of aromatic amines is 1. The van der Waals surface area contributed by atoms with Crippen LogP contribution in [0.5, 0.6) is 5.88 Å². The third kappa shape index (κ3) is 2.30. The van der Waals surface area contributed by atoms with E-state index in [4.69, 9.17) is 4.74 Å². The van der Waals surface area contributed by atoms with Gasteiger partial charge in [0.25, 0.3) is 5.56 Å². The van der Waals surface area contributed by atoms with Crippen LogP contribution in [0.4, 0.5) is 0 Å². The Kier molecular flexibility index (Phi) is 3.52. The highest BCUT2D eigenvalue weighted by molar-refractivity contribution is 5.44. The molecule has 0 unspecified atom stereocenters. The number of para-hydroxylation sites is 1. The maximum absolute atomic E-state index is 11.9. The summed E-state index contributed by atoms with van der Waals surface area (Å²) >= 11 is 0. The van der Waals surface area contributed by atoms with E-state index in [0.29, 0.717) is 12.3 Å². The highest BCUT2D eigenvalue weighted by Gasteiger charge is 2.14. The molecule has 0 atom stereocenters. The van der Waals surface area contributed by atoms with Gasteiger partial charge in [-0.05, 0) is 13.0 Å². The summed E-state index contributed by atoms with van der Waals surface area (Å²) < 4.78 is 6.12. The minimum atomic E-state index is -0.684. The molecule has 0 aliphatic rings. The topological polar surface area (TPSA) is 84.3 Å². The molecule has 0 spiro atoms. The van der Waals surface area contributed by atoms with Gasteiger partial charge in [0.2, 0.25) is 5.88 Å². The van der Waals surface area contributed by atoms with Crippen LogP contribution in [0.3, 0.4) is 0 Å². The zero-order chi connectivity index (χ0) is 14.0. The first-order valence-corrected chi connectivity index (χ1v) is 5.68. The molecule has 0 bridgehead atoms. The number of nitrogens with one attached hydrogen (secondary N) is 1. The van der Waals surface area contributed by atoms with Crippen molar-refractivity contribution in [3.05, 3.63) is 56.2 Å². The summed E-state index contributed by atoms with van der Waals surface area (Å²) in [6, 6.07) is 7.00. The zero-order valence-corrected chi connectivity index (χ0v) is 10.6. The number of methoxy groups -OCH3 is 1. The van der Waals surface area contributed by atoms with Crippen LogP contribution in [-0.4, -0.2) is 21.8 Å². The quantitative estimate of drug-likeness (QED) is 0.852. The largest absolute Gasteiger partial charge is 0.494 e.